The molecule has 6 nitrogen and oxygen atoms in total. The van der Waals surface area contributed by atoms with Crippen molar-refractivity contribution in [1.82, 2.24) is 9.97 Å². The Bertz CT molecular complexity index is 636. The molecule has 0 atom stereocenters. The van der Waals surface area contributed by atoms with Gasteiger partial charge in [0.05, 0.1) is 18.9 Å². The van der Waals surface area contributed by atoms with Crippen LogP contribution in [0.3, 0.4) is 0 Å². The number of rotatable bonds is 5. The number of para-hydroxylation sites is 2. The lowest BCUT2D eigenvalue weighted by Crippen LogP contribution is -2.05. The topological polar surface area (TPSA) is 82.9 Å². The van der Waals surface area contributed by atoms with Gasteiger partial charge in [0.25, 0.3) is 0 Å². The van der Waals surface area contributed by atoms with Crippen molar-refractivity contribution in [2.75, 3.05) is 24.3 Å². The third-order valence-electron chi connectivity index (χ3n) is 2.56. The van der Waals surface area contributed by atoms with E-state index in [4.69, 9.17) is 10.00 Å². The number of nitriles is 1. The van der Waals surface area contributed by atoms with Gasteiger partial charge in [-0.3, -0.25) is 0 Å². The van der Waals surface area contributed by atoms with Crippen LogP contribution in [0.15, 0.2) is 30.3 Å². The Balaban J connectivity index is 2.24. The molecule has 0 bridgehead atoms. The fourth-order valence-corrected chi connectivity index (χ4v) is 1.74. The zero-order valence-electron chi connectivity index (χ0n) is 11.3. The first-order chi connectivity index (χ1) is 9.72. The first kappa shape index (κ1) is 13.6. The Labute approximate surface area is 117 Å². The Hall–Kier alpha value is -2.81. The summed E-state index contributed by atoms with van der Waals surface area (Å²) in [5, 5.41) is 14.7. The summed E-state index contributed by atoms with van der Waals surface area (Å²) in [7, 11) is 1.62. The van der Waals surface area contributed by atoms with Crippen molar-refractivity contribution >= 4 is 17.3 Å². The fraction of sp³-hybridized carbons (Fsp3) is 0.214. The van der Waals surface area contributed by atoms with E-state index in [1.165, 1.54) is 0 Å². The van der Waals surface area contributed by atoms with Crippen molar-refractivity contribution in [2.45, 2.75) is 6.92 Å². The Morgan fingerprint density at radius 1 is 1.25 bits per heavy atom. The molecule has 1 aromatic heterocycles. The molecule has 0 aliphatic carbocycles. The van der Waals surface area contributed by atoms with E-state index in [1.807, 2.05) is 30.3 Å². The molecule has 1 aromatic carbocycles. The van der Waals surface area contributed by atoms with Gasteiger partial charge in [0.2, 0.25) is 0 Å². The third-order valence-corrected chi connectivity index (χ3v) is 2.56. The quantitative estimate of drug-likeness (QED) is 0.811. The summed E-state index contributed by atoms with van der Waals surface area (Å²) in [4.78, 5) is 8.52. The predicted molar refractivity (Wildman–Crippen MR) is 77.1 cm³/mol. The maximum Gasteiger partial charge on any atom is 0.142 e. The van der Waals surface area contributed by atoms with Crippen LogP contribution in [0.2, 0.25) is 0 Å². The van der Waals surface area contributed by atoms with Gasteiger partial charge in [0, 0.05) is 6.07 Å². The summed E-state index contributed by atoms with van der Waals surface area (Å²) in [5.74, 6) is 2.60. The Morgan fingerprint density at radius 3 is 2.75 bits per heavy atom. The number of benzene rings is 1. The number of nitrogens with one attached hydrogen (secondary N) is 2. The van der Waals surface area contributed by atoms with E-state index in [1.54, 1.807) is 20.1 Å². The molecule has 102 valence electrons. The minimum atomic E-state index is 0.199. The first-order valence-corrected chi connectivity index (χ1v) is 6.09. The number of hydrogen-bond acceptors (Lipinski definition) is 6. The summed E-state index contributed by atoms with van der Waals surface area (Å²) in [6, 6.07) is 11.3. The van der Waals surface area contributed by atoms with Crippen molar-refractivity contribution < 1.29 is 4.74 Å². The van der Waals surface area contributed by atoms with Gasteiger partial charge in [0.1, 0.15) is 29.8 Å². The van der Waals surface area contributed by atoms with E-state index >= 15 is 0 Å². The normalized spacial score (nSPS) is 9.65. The summed E-state index contributed by atoms with van der Waals surface area (Å²) in [5.41, 5.74) is 0.819. The number of nitrogens with zero attached hydrogens (tertiary/aromatic N) is 3. The molecule has 0 fully saturated rings. The summed E-state index contributed by atoms with van der Waals surface area (Å²) in [6.45, 7) is 2.00. The lowest BCUT2D eigenvalue weighted by Gasteiger charge is -2.11. The molecule has 0 amide bonds. The van der Waals surface area contributed by atoms with Crippen LogP contribution >= 0.6 is 0 Å². The highest BCUT2D eigenvalue weighted by Gasteiger charge is 2.05. The number of aromatic nitrogens is 2. The molecule has 0 aliphatic rings. The standard InChI is InChI=1S/C14H15N5O/c1-10-17-13(16-8-7-15)9-14(18-10)19-11-5-3-4-6-12(11)20-2/h3-6,9H,8H2,1-2H3,(H2,16,17,18,19). The predicted octanol–water partition coefficient (Wildman–Crippen LogP) is 2.47. The molecule has 0 spiro atoms. The molecule has 2 N–H and O–H groups in total. The van der Waals surface area contributed by atoms with Crippen LogP contribution in [0.5, 0.6) is 5.75 Å². The second-order valence-corrected chi connectivity index (χ2v) is 4.02. The zero-order valence-corrected chi connectivity index (χ0v) is 11.3. The van der Waals surface area contributed by atoms with Crippen molar-refractivity contribution in [2.24, 2.45) is 0 Å². The van der Waals surface area contributed by atoms with E-state index in [2.05, 4.69) is 20.6 Å². The van der Waals surface area contributed by atoms with Gasteiger partial charge in [-0.1, -0.05) is 12.1 Å². The highest BCUT2D eigenvalue weighted by molar-refractivity contribution is 5.65. The maximum atomic E-state index is 8.58. The Morgan fingerprint density at radius 2 is 2.00 bits per heavy atom. The number of methoxy groups -OCH3 is 1. The van der Waals surface area contributed by atoms with Crippen LogP contribution in [0.1, 0.15) is 5.82 Å². The van der Waals surface area contributed by atoms with Crippen LogP contribution < -0.4 is 15.4 Å². The van der Waals surface area contributed by atoms with Crippen LogP contribution in [-0.4, -0.2) is 23.6 Å². The fourth-order valence-electron chi connectivity index (χ4n) is 1.74. The van der Waals surface area contributed by atoms with Crippen LogP contribution in [0.4, 0.5) is 17.3 Å². The van der Waals surface area contributed by atoms with Crippen molar-refractivity contribution in [3.8, 4) is 11.8 Å². The monoisotopic (exact) mass is 269 g/mol. The SMILES string of the molecule is COc1ccccc1Nc1cc(NCC#N)nc(C)n1. The second-order valence-electron chi connectivity index (χ2n) is 4.02. The van der Waals surface area contributed by atoms with Crippen LogP contribution in [-0.2, 0) is 0 Å². The molecular formula is C14H15N5O. The molecule has 1 heterocycles. The highest BCUT2D eigenvalue weighted by atomic mass is 16.5. The molecule has 2 rings (SSSR count). The van der Waals surface area contributed by atoms with Crippen LogP contribution in [0.25, 0.3) is 0 Å². The molecule has 0 radical (unpaired) electrons. The van der Waals surface area contributed by atoms with E-state index in [9.17, 15) is 0 Å². The third kappa shape index (κ3) is 3.36. The van der Waals surface area contributed by atoms with Crippen molar-refractivity contribution in [3.05, 3.63) is 36.2 Å². The van der Waals surface area contributed by atoms with E-state index in [-0.39, 0.29) is 6.54 Å². The molecule has 0 unspecified atom stereocenters. The van der Waals surface area contributed by atoms with E-state index < -0.39 is 0 Å². The highest BCUT2D eigenvalue weighted by Crippen LogP contribution is 2.26. The molecule has 2 aromatic rings. The van der Waals surface area contributed by atoms with Gasteiger partial charge in [-0.05, 0) is 19.1 Å². The summed E-state index contributed by atoms with van der Waals surface area (Å²) < 4.78 is 5.28. The van der Waals surface area contributed by atoms with Crippen molar-refractivity contribution in [1.29, 1.82) is 5.26 Å². The van der Waals surface area contributed by atoms with Gasteiger partial charge < -0.3 is 15.4 Å². The van der Waals surface area contributed by atoms with Crippen molar-refractivity contribution in [3.63, 3.8) is 0 Å². The molecule has 0 saturated heterocycles. The average Bonchev–Trinajstić information content (AvgIpc) is 2.45. The molecule has 6 heteroatoms. The van der Waals surface area contributed by atoms with Gasteiger partial charge in [-0.2, -0.15) is 5.26 Å². The minimum Gasteiger partial charge on any atom is -0.495 e. The van der Waals surface area contributed by atoms with Gasteiger partial charge in [-0.25, -0.2) is 9.97 Å². The number of hydrogen-bond donors (Lipinski definition) is 2. The number of ether oxygens (including phenoxy) is 1. The number of aryl methyl sites for hydroxylation is 1. The summed E-state index contributed by atoms with van der Waals surface area (Å²) in [6.07, 6.45) is 0. The van der Waals surface area contributed by atoms with Gasteiger partial charge in [0.15, 0.2) is 0 Å². The molecule has 0 aliphatic heterocycles. The lowest BCUT2D eigenvalue weighted by molar-refractivity contribution is 0.417. The van der Waals surface area contributed by atoms with E-state index in [0.717, 1.165) is 11.4 Å². The second kappa shape index (κ2) is 6.38. The average molecular weight is 269 g/mol. The molecule has 20 heavy (non-hydrogen) atoms. The maximum absolute atomic E-state index is 8.58. The smallest absolute Gasteiger partial charge is 0.142 e. The molecular weight excluding hydrogens is 254 g/mol. The first-order valence-electron chi connectivity index (χ1n) is 6.09. The number of anilines is 3. The Kier molecular flexibility index (Phi) is 4.35. The summed E-state index contributed by atoms with van der Waals surface area (Å²) >= 11 is 0. The van der Waals surface area contributed by atoms with Gasteiger partial charge >= 0.3 is 0 Å². The van der Waals surface area contributed by atoms with Crippen LogP contribution in [0, 0.1) is 18.3 Å². The minimum absolute atomic E-state index is 0.199. The molecule has 0 saturated carbocycles. The zero-order chi connectivity index (χ0) is 14.4. The largest absolute Gasteiger partial charge is 0.495 e. The van der Waals surface area contributed by atoms with E-state index in [0.29, 0.717) is 17.5 Å². The van der Waals surface area contributed by atoms with Gasteiger partial charge in [-0.15, -0.1) is 0 Å². The lowest BCUT2D eigenvalue weighted by atomic mass is 10.3.